The SMILES string of the molecule is CCc1cc(=O)[nH]c(-c2ccc(NCCO)nc2)n1. The number of anilines is 1. The number of aromatic nitrogens is 3. The van der Waals surface area contributed by atoms with E-state index < -0.39 is 0 Å². The Hall–Kier alpha value is -2.21. The maximum Gasteiger partial charge on any atom is 0.251 e. The summed E-state index contributed by atoms with van der Waals surface area (Å²) >= 11 is 0. The lowest BCUT2D eigenvalue weighted by atomic mass is 10.2. The van der Waals surface area contributed by atoms with E-state index in [9.17, 15) is 4.79 Å². The molecule has 6 nitrogen and oxygen atoms in total. The second-order valence-electron chi connectivity index (χ2n) is 4.02. The van der Waals surface area contributed by atoms with Gasteiger partial charge in [0.25, 0.3) is 5.56 Å². The topological polar surface area (TPSA) is 90.9 Å². The van der Waals surface area contributed by atoms with E-state index in [-0.39, 0.29) is 12.2 Å². The van der Waals surface area contributed by atoms with Crippen LogP contribution < -0.4 is 10.9 Å². The van der Waals surface area contributed by atoms with Gasteiger partial charge >= 0.3 is 0 Å². The first kappa shape index (κ1) is 13.2. The number of nitrogens with zero attached hydrogens (tertiary/aromatic N) is 2. The molecule has 2 heterocycles. The van der Waals surface area contributed by atoms with Gasteiger partial charge in [0.15, 0.2) is 0 Å². The molecule has 2 aromatic heterocycles. The van der Waals surface area contributed by atoms with Crippen LogP contribution in [0.5, 0.6) is 0 Å². The van der Waals surface area contributed by atoms with Gasteiger partial charge in [-0.05, 0) is 18.6 Å². The Morgan fingerprint density at radius 3 is 2.89 bits per heavy atom. The highest BCUT2D eigenvalue weighted by molar-refractivity contribution is 5.55. The van der Waals surface area contributed by atoms with Crippen LogP contribution in [0.1, 0.15) is 12.6 Å². The average Bonchev–Trinajstić information content (AvgIpc) is 2.45. The van der Waals surface area contributed by atoms with Gasteiger partial charge in [0, 0.05) is 30.1 Å². The van der Waals surface area contributed by atoms with Crippen LogP contribution in [0.3, 0.4) is 0 Å². The molecule has 0 amide bonds. The van der Waals surface area contributed by atoms with E-state index in [1.54, 1.807) is 12.3 Å². The third-order valence-electron chi connectivity index (χ3n) is 2.61. The molecule has 0 atom stereocenters. The molecule has 0 aliphatic heterocycles. The molecule has 3 N–H and O–H groups in total. The van der Waals surface area contributed by atoms with E-state index in [1.807, 2.05) is 13.0 Å². The summed E-state index contributed by atoms with van der Waals surface area (Å²) in [7, 11) is 0. The zero-order chi connectivity index (χ0) is 13.7. The third-order valence-corrected chi connectivity index (χ3v) is 2.61. The van der Waals surface area contributed by atoms with Crippen molar-refractivity contribution in [3.05, 3.63) is 40.4 Å². The normalized spacial score (nSPS) is 10.4. The Morgan fingerprint density at radius 2 is 2.26 bits per heavy atom. The van der Waals surface area contributed by atoms with Crippen molar-refractivity contribution < 1.29 is 5.11 Å². The van der Waals surface area contributed by atoms with Crippen LogP contribution in [0.15, 0.2) is 29.2 Å². The first-order valence-corrected chi connectivity index (χ1v) is 6.14. The van der Waals surface area contributed by atoms with E-state index in [1.165, 1.54) is 6.07 Å². The number of hydrogen-bond acceptors (Lipinski definition) is 5. The first-order valence-electron chi connectivity index (χ1n) is 6.14. The van der Waals surface area contributed by atoms with Crippen molar-refractivity contribution in [2.45, 2.75) is 13.3 Å². The van der Waals surface area contributed by atoms with Gasteiger partial charge in [-0.2, -0.15) is 0 Å². The van der Waals surface area contributed by atoms with Gasteiger partial charge < -0.3 is 15.4 Å². The molecular formula is C13H16N4O2. The van der Waals surface area contributed by atoms with Crippen molar-refractivity contribution in [3.8, 4) is 11.4 Å². The molecule has 6 heteroatoms. The highest BCUT2D eigenvalue weighted by atomic mass is 16.3. The molecule has 19 heavy (non-hydrogen) atoms. The van der Waals surface area contributed by atoms with E-state index in [4.69, 9.17) is 5.11 Å². The molecule has 0 spiro atoms. The fourth-order valence-electron chi connectivity index (χ4n) is 1.65. The number of hydrogen-bond donors (Lipinski definition) is 3. The monoisotopic (exact) mass is 260 g/mol. The summed E-state index contributed by atoms with van der Waals surface area (Å²) in [5.74, 6) is 1.19. The summed E-state index contributed by atoms with van der Waals surface area (Å²) in [6, 6.07) is 5.10. The van der Waals surface area contributed by atoms with Crippen molar-refractivity contribution in [2.24, 2.45) is 0 Å². The van der Waals surface area contributed by atoms with Crippen molar-refractivity contribution in [2.75, 3.05) is 18.5 Å². The highest BCUT2D eigenvalue weighted by Crippen LogP contribution is 2.14. The molecule has 0 aliphatic rings. The minimum absolute atomic E-state index is 0.0524. The van der Waals surface area contributed by atoms with E-state index >= 15 is 0 Å². The quantitative estimate of drug-likeness (QED) is 0.739. The molecule has 0 bridgehead atoms. The molecule has 2 aromatic rings. The van der Waals surface area contributed by atoms with Gasteiger partial charge in [0.1, 0.15) is 11.6 Å². The molecule has 0 radical (unpaired) electrons. The number of aliphatic hydroxyl groups is 1. The molecule has 0 saturated carbocycles. The maximum atomic E-state index is 11.5. The summed E-state index contributed by atoms with van der Waals surface area (Å²) in [4.78, 5) is 22.7. The number of rotatable bonds is 5. The van der Waals surface area contributed by atoms with Crippen molar-refractivity contribution >= 4 is 5.82 Å². The Labute approximate surface area is 110 Å². The minimum atomic E-state index is -0.163. The molecular weight excluding hydrogens is 244 g/mol. The number of aliphatic hydroxyl groups excluding tert-OH is 1. The third kappa shape index (κ3) is 3.38. The van der Waals surface area contributed by atoms with Crippen LogP contribution in [-0.4, -0.2) is 33.2 Å². The number of H-pyrrole nitrogens is 1. The smallest absolute Gasteiger partial charge is 0.251 e. The standard InChI is InChI=1S/C13H16N4O2/c1-2-10-7-12(19)17-13(16-10)9-3-4-11(15-8-9)14-5-6-18/h3-4,7-8,18H,2,5-6H2,1H3,(H,14,15)(H,16,17,19). The molecule has 0 saturated heterocycles. The van der Waals surface area contributed by atoms with Crippen molar-refractivity contribution in [1.82, 2.24) is 15.0 Å². The Balaban J connectivity index is 2.26. The van der Waals surface area contributed by atoms with Gasteiger partial charge in [-0.25, -0.2) is 9.97 Å². The van der Waals surface area contributed by atoms with Crippen LogP contribution >= 0.6 is 0 Å². The minimum Gasteiger partial charge on any atom is -0.395 e. The summed E-state index contributed by atoms with van der Waals surface area (Å²) in [6.07, 6.45) is 2.35. The summed E-state index contributed by atoms with van der Waals surface area (Å²) in [6.45, 7) is 2.45. The first-order chi connectivity index (χ1) is 9.22. The van der Waals surface area contributed by atoms with Gasteiger partial charge in [0.05, 0.1) is 6.61 Å². The molecule has 2 rings (SSSR count). The van der Waals surface area contributed by atoms with Crippen molar-refractivity contribution in [1.29, 1.82) is 0 Å². The van der Waals surface area contributed by atoms with E-state index in [0.717, 1.165) is 11.3 Å². The Bertz CT molecular complexity index is 592. The highest BCUT2D eigenvalue weighted by Gasteiger charge is 2.04. The summed E-state index contributed by atoms with van der Waals surface area (Å²) < 4.78 is 0. The zero-order valence-corrected chi connectivity index (χ0v) is 10.7. The second kappa shape index (κ2) is 6.10. The fraction of sp³-hybridized carbons (Fsp3) is 0.308. The van der Waals surface area contributed by atoms with Crippen LogP contribution in [-0.2, 0) is 6.42 Å². The average molecular weight is 260 g/mol. The maximum absolute atomic E-state index is 11.5. The fourth-order valence-corrected chi connectivity index (χ4v) is 1.65. The van der Waals surface area contributed by atoms with Gasteiger partial charge in [-0.3, -0.25) is 4.79 Å². The van der Waals surface area contributed by atoms with E-state index in [0.29, 0.717) is 24.6 Å². The van der Waals surface area contributed by atoms with Gasteiger partial charge in [-0.15, -0.1) is 0 Å². The zero-order valence-electron chi connectivity index (χ0n) is 10.7. The van der Waals surface area contributed by atoms with Gasteiger partial charge in [-0.1, -0.05) is 6.92 Å². The number of nitrogens with one attached hydrogen (secondary N) is 2. The molecule has 0 fully saturated rings. The largest absolute Gasteiger partial charge is 0.395 e. The Kier molecular flexibility index (Phi) is 4.25. The molecule has 0 aromatic carbocycles. The lowest BCUT2D eigenvalue weighted by Crippen LogP contribution is -2.10. The van der Waals surface area contributed by atoms with Crippen LogP contribution in [0.4, 0.5) is 5.82 Å². The van der Waals surface area contributed by atoms with E-state index in [2.05, 4.69) is 20.3 Å². The number of pyridine rings is 1. The summed E-state index contributed by atoms with van der Waals surface area (Å²) in [5.41, 5.74) is 1.34. The van der Waals surface area contributed by atoms with Crippen LogP contribution in [0, 0.1) is 0 Å². The Morgan fingerprint density at radius 1 is 1.42 bits per heavy atom. The summed E-state index contributed by atoms with van der Waals surface area (Å²) in [5, 5.41) is 11.7. The second-order valence-corrected chi connectivity index (χ2v) is 4.02. The lowest BCUT2D eigenvalue weighted by molar-refractivity contribution is 0.311. The predicted molar refractivity (Wildman–Crippen MR) is 73.0 cm³/mol. The van der Waals surface area contributed by atoms with Crippen LogP contribution in [0.25, 0.3) is 11.4 Å². The molecule has 0 aliphatic carbocycles. The molecule has 0 unspecified atom stereocenters. The van der Waals surface area contributed by atoms with Crippen LogP contribution in [0.2, 0.25) is 0 Å². The number of aromatic amines is 1. The lowest BCUT2D eigenvalue weighted by Gasteiger charge is -2.05. The predicted octanol–water partition coefficient (Wildman–Crippen LogP) is 0.798. The number of aryl methyl sites for hydroxylation is 1. The van der Waals surface area contributed by atoms with Crippen molar-refractivity contribution in [3.63, 3.8) is 0 Å². The van der Waals surface area contributed by atoms with Gasteiger partial charge in [0.2, 0.25) is 0 Å². The molecule has 100 valence electrons.